The van der Waals surface area contributed by atoms with E-state index in [0.717, 1.165) is 0 Å². The number of nitrogens with one attached hydrogen (secondary N) is 1. The van der Waals surface area contributed by atoms with Crippen LogP contribution in [0.1, 0.15) is 23.7 Å². The quantitative estimate of drug-likeness (QED) is 0.734. The van der Waals surface area contributed by atoms with E-state index in [-0.39, 0.29) is 12.2 Å². The number of fused-ring (bicyclic) bond motifs is 4. The maximum atomic E-state index is 13.8. The van der Waals surface area contributed by atoms with E-state index in [1.54, 1.807) is 18.2 Å². The highest BCUT2D eigenvalue weighted by Crippen LogP contribution is 2.57. The van der Waals surface area contributed by atoms with Crippen LogP contribution >= 0.6 is 0 Å². The summed E-state index contributed by atoms with van der Waals surface area (Å²) in [5, 5.41) is 5.44. The van der Waals surface area contributed by atoms with Gasteiger partial charge in [0.05, 0.1) is 12.2 Å². The molecule has 0 radical (unpaired) electrons. The molecular weight excluding hydrogens is 393 g/mol. The molecule has 1 amide bonds. The highest BCUT2D eigenvalue weighted by atomic mass is 19.4. The molecule has 0 bridgehead atoms. The van der Waals surface area contributed by atoms with Gasteiger partial charge in [-0.2, -0.15) is 13.2 Å². The van der Waals surface area contributed by atoms with Crippen LogP contribution in [0.15, 0.2) is 35.7 Å². The molecule has 1 aromatic carbocycles. The smallest absolute Gasteiger partial charge is 0.433 e. The van der Waals surface area contributed by atoms with Crippen molar-refractivity contribution >= 4 is 17.6 Å². The summed E-state index contributed by atoms with van der Waals surface area (Å²) < 4.78 is 51.6. The van der Waals surface area contributed by atoms with Gasteiger partial charge in [0.2, 0.25) is 17.7 Å². The Morgan fingerprint density at radius 1 is 1.38 bits per heavy atom. The molecule has 3 heterocycles. The zero-order valence-electron chi connectivity index (χ0n) is 15.3. The molecule has 152 valence electrons. The number of carbonyl (C=O) groups is 2. The fourth-order valence-corrected chi connectivity index (χ4v) is 3.92. The van der Waals surface area contributed by atoms with E-state index in [4.69, 9.17) is 15.2 Å². The number of nitrogens with two attached hydrogens (primary N) is 1. The van der Waals surface area contributed by atoms with Crippen LogP contribution in [0.5, 0.6) is 5.88 Å². The number of nitrogens with zero attached hydrogens (tertiary/aromatic N) is 2. The lowest BCUT2D eigenvalue weighted by molar-refractivity contribution is -0.144. The number of amides is 1. The van der Waals surface area contributed by atoms with Crippen molar-refractivity contribution < 1.29 is 32.2 Å². The van der Waals surface area contributed by atoms with Crippen LogP contribution in [0.3, 0.4) is 0 Å². The summed E-state index contributed by atoms with van der Waals surface area (Å²) in [6.07, 6.45) is -4.90. The molecule has 0 saturated carbocycles. The molecule has 4 rings (SSSR count). The average molecular weight is 408 g/mol. The van der Waals surface area contributed by atoms with Gasteiger partial charge in [0, 0.05) is 18.3 Å². The SMILES string of the molecule is CCOC(=O)C1=C(N)Oc2n[nH]c(C(F)(F)F)c2C12C(=O)N(C)c1ccccc12. The zero-order chi connectivity index (χ0) is 21.1. The Kier molecular flexibility index (Phi) is 3.90. The third-order valence-electron chi connectivity index (χ3n) is 4.99. The highest BCUT2D eigenvalue weighted by Gasteiger charge is 2.64. The van der Waals surface area contributed by atoms with Gasteiger partial charge < -0.3 is 20.1 Å². The maximum absolute atomic E-state index is 13.8. The van der Waals surface area contributed by atoms with Gasteiger partial charge in [0.1, 0.15) is 16.7 Å². The molecule has 2 aliphatic rings. The van der Waals surface area contributed by atoms with Crippen LogP contribution in [0.4, 0.5) is 18.9 Å². The number of benzene rings is 1. The van der Waals surface area contributed by atoms with Crippen molar-refractivity contribution in [2.75, 3.05) is 18.6 Å². The van der Waals surface area contributed by atoms with Crippen molar-refractivity contribution in [2.45, 2.75) is 18.5 Å². The first kappa shape index (κ1) is 18.8. The van der Waals surface area contributed by atoms with Gasteiger partial charge >= 0.3 is 12.1 Å². The number of likely N-dealkylation sites (N-methyl/N-ethyl adjacent to an activating group) is 1. The third-order valence-corrected chi connectivity index (χ3v) is 4.99. The molecule has 11 heteroatoms. The molecule has 8 nitrogen and oxygen atoms in total. The summed E-state index contributed by atoms with van der Waals surface area (Å²) in [5.41, 5.74) is 1.73. The van der Waals surface area contributed by atoms with E-state index in [1.807, 2.05) is 5.10 Å². The van der Waals surface area contributed by atoms with Gasteiger partial charge in [-0.1, -0.05) is 18.2 Å². The van der Waals surface area contributed by atoms with Gasteiger partial charge in [0.25, 0.3) is 0 Å². The first-order valence-corrected chi connectivity index (χ1v) is 8.54. The van der Waals surface area contributed by atoms with Gasteiger partial charge in [-0.25, -0.2) is 4.79 Å². The van der Waals surface area contributed by atoms with Gasteiger partial charge in [-0.3, -0.25) is 9.89 Å². The molecule has 2 aliphatic heterocycles. The van der Waals surface area contributed by atoms with Crippen molar-refractivity contribution in [1.29, 1.82) is 0 Å². The average Bonchev–Trinajstić information content (AvgIpc) is 3.17. The maximum Gasteiger partial charge on any atom is 0.433 e. The van der Waals surface area contributed by atoms with Crippen LogP contribution in [-0.2, 0) is 25.9 Å². The van der Waals surface area contributed by atoms with E-state index in [9.17, 15) is 22.8 Å². The monoisotopic (exact) mass is 408 g/mol. The number of hydrogen-bond acceptors (Lipinski definition) is 6. The minimum atomic E-state index is -4.90. The first-order chi connectivity index (χ1) is 13.7. The number of rotatable bonds is 2. The van der Waals surface area contributed by atoms with Crippen molar-refractivity contribution in [1.82, 2.24) is 10.2 Å². The second kappa shape index (κ2) is 6.00. The molecule has 2 aromatic rings. The summed E-state index contributed by atoms with van der Waals surface area (Å²) in [6.45, 7) is 1.44. The summed E-state index contributed by atoms with van der Waals surface area (Å²) in [5.74, 6) is -2.93. The third kappa shape index (κ3) is 2.30. The number of halogens is 3. The fourth-order valence-electron chi connectivity index (χ4n) is 3.92. The minimum Gasteiger partial charge on any atom is -0.462 e. The topological polar surface area (TPSA) is 111 Å². The second-order valence-electron chi connectivity index (χ2n) is 6.47. The number of anilines is 1. The van der Waals surface area contributed by atoms with E-state index < -0.39 is 52.1 Å². The number of H-pyrrole nitrogens is 1. The van der Waals surface area contributed by atoms with Crippen LogP contribution in [0.25, 0.3) is 0 Å². The summed E-state index contributed by atoms with van der Waals surface area (Å²) in [4.78, 5) is 27.5. The normalized spacial score (nSPS) is 20.6. The van der Waals surface area contributed by atoms with Gasteiger partial charge in [-0.15, -0.1) is 5.10 Å². The molecule has 29 heavy (non-hydrogen) atoms. The summed E-state index contributed by atoms with van der Waals surface area (Å²) in [7, 11) is 1.40. The Morgan fingerprint density at radius 2 is 2.07 bits per heavy atom. The molecule has 0 aliphatic carbocycles. The van der Waals surface area contributed by atoms with Crippen LogP contribution in [-0.4, -0.2) is 35.7 Å². The molecule has 1 aromatic heterocycles. The van der Waals surface area contributed by atoms with Gasteiger partial charge in [-0.05, 0) is 13.0 Å². The predicted octanol–water partition coefficient (Wildman–Crippen LogP) is 1.82. The fraction of sp³-hybridized carbons (Fsp3) is 0.278. The first-order valence-electron chi connectivity index (χ1n) is 8.54. The second-order valence-corrected chi connectivity index (χ2v) is 6.47. The molecule has 1 unspecified atom stereocenters. The number of carbonyl (C=O) groups excluding carboxylic acids is 2. The lowest BCUT2D eigenvalue weighted by Gasteiger charge is -2.34. The van der Waals surface area contributed by atoms with Gasteiger partial charge in [0.15, 0.2) is 0 Å². The van der Waals surface area contributed by atoms with E-state index in [1.165, 1.54) is 24.9 Å². The molecular formula is C18H15F3N4O4. The number of aromatic nitrogens is 2. The largest absolute Gasteiger partial charge is 0.462 e. The molecule has 1 spiro atoms. The number of aromatic amines is 1. The highest BCUT2D eigenvalue weighted by molar-refractivity contribution is 6.18. The number of para-hydroxylation sites is 1. The Labute approximate surface area is 162 Å². The molecule has 1 atom stereocenters. The predicted molar refractivity (Wildman–Crippen MR) is 92.7 cm³/mol. The summed E-state index contributed by atoms with van der Waals surface area (Å²) in [6, 6.07) is 6.20. The van der Waals surface area contributed by atoms with Crippen molar-refractivity contribution in [3.8, 4) is 5.88 Å². The molecule has 0 saturated heterocycles. The van der Waals surface area contributed by atoms with E-state index >= 15 is 0 Å². The zero-order valence-corrected chi connectivity index (χ0v) is 15.3. The lowest BCUT2D eigenvalue weighted by Crippen LogP contribution is -2.48. The Bertz CT molecular complexity index is 1080. The van der Waals surface area contributed by atoms with Crippen LogP contribution < -0.4 is 15.4 Å². The van der Waals surface area contributed by atoms with Crippen molar-refractivity contribution in [3.05, 3.63) is 52.5 Å². The summed E-state index contributed by atoms with van der Waals surface area (Å²) >= 11 is 0. The lowest BCUT2D eigenvalue weighted by atomic mass is 9.68. The van der Waals surface area contributed by atoms with Crippen molar-refractivity contribution in [2.24, 2.45) is 5.73 Å². The van der Waals surface area contributed by atoms with Crippen molar-refractivity contribution in [3.63, 3.8) is 0 Å². The minimum absolute atomic E-state index is 0.0816. The number of hydrogen-bond donors (Lipinski definition) is 2. The Morgan fingerprint density at radius 3 is 2.72 bits per heavy atom. The van der Waals surface area contributed by atoms with Crippen LogP contribution in [0, 0.1) is 0 Å². The van der Waals surface area contributed by atoms with E-state index in [2.05, 4.69) is 5.10 Å². The number of alkyl halides is 3. The Balaban J connectivity index is 2.16. The standard InChI is InChI=1S/C18H15F3N4O4/c1-3-28-15(26)11-13(22)29-14-10(12(23-24-14)18(19,20)21)17(11)8-6-4-5-7-9(8)25(2)16(17)27/h4-7H,3,22H2,1-2H3,(H,23,24). The van der Waals surface area contributed by atoms with E-state index in [0.29, 0.717) is 5.69 Å². The number of ether oxygens (including phenoxy) is 2. The molecule has 3 N–H and O–H groups in total. The number of esters is 1. The Hall–Kier alpha value is -3.50. The van der Waals surface area contributed by atoms with Crippen LogP contribution in [0.2, 0.25) is 0 Å². The molecule has 0 fully saturated rings.